The topological polar surface area (TPSA) is 118 Å². The Labute approximate surface area is 215 Å². The van der Waals surface area contributed by atoms with Crippen molar-refractivity contribution in [3.8, 4) is 11.5 Å². The van der Waals surface area contributed by atoms with Gasteiger partial charge in [-0.25, -0.2) is 5.43 Å². The minimum absolute atomic E-state index is 0.203. The predicted molar refractivity (Wildman–Crippen MR) is 143 cm³/mol. The van der Waals surface area contributed by atoms with Crippen molar-refractivity contribution in [3.63, 3.8) is 0 Å². The second-order valence-corrected chi connectivity index (χ2v) is 7.96. The standard InChI is InChI=1S/C28H30N4O5/c1-4-19-10-13-22(14-11-19)30-26(33)18-37-24-15-12-20(16-25(24)36-3)17-29-32-28(35)27(34)31-23-9-7-6-8-21(23)5-2/h6-17H,4-5,18H2,1-3H3,(H,30,33)(H,31,34)(H,32,35)/b29-17-. The van der Waals surface area contributed by atoms with Crippen molar-refractivity contribution in [2.24, 2.45) is 5.10 Å². The number of anilines is 2. The number of benzene rings is 3. The maximum Gasteiger partial charge on any atom is 0.329 e. The number of methoxy groups -OCH3 is 1. The molecular weight excluding hydrogens is 472 g/mol. The molecule has 37 heavy (non-hydrogen) atoms. The predicted octanol–water partition coefficient (Wildman–Crippen LogP) is 3.93. The van der Waals surface area contributed by atoms with Gasteiger partial charge in [-0.15, -0.1) is 0 Å². The van der Waals surface area contributed by atoms with E-state index >= 15 is 0 Å². The largest absolute Gasteiger partial charge is 0.493 e. The molecule has 9 heteroatoms. The molecule has 3 aromatic carbocycles. The number of rotatable bonds is 10. The Morgan fingerprint density at radius 3 is 2.32 bits per heavy atom. The fourth-order valence-electron chi connectivity index (χ4n) is 3.39. The van der Waals surface area contributed by atoms with Crippen molar-refractivity contribution in [1.29, 1.82) is 0 Å². The summed E-state index contributed by atoms with van der Waals surface area (Å²) in [6.45, 7) is 3.82. The third-order valence-corrected chi connectivity index (χ3v) is 5.42. The number of nitrogens with one attached hydrogen (secondary N) is 3. The van der Waals surface area contributed by atoms with Gasteiger partial charge in [0.15, 0.2) is 18.1 Å². The zero-order valence-corrected chi connectivity index (χ0v) is 21.0. The lowest BCUT2D eigenvalue weighted by atomic mass is 10.1. The van der Waals surface area contributed by atoms with Crippen LogP contribution in [0.25, 0.3) is 0 Å². The third-order valence-electron chi connectivity index (χ3n) is 5.42. The molecule has 0 spiro atoms. The molecule has 3 rings (SSSR count). The monoisotopic (exact) mass is 502 g/mol. The van der Waals surface area contributed by atoms with Gasteiger partial charge in [-0.1, -0.05) is 44.2 Å². The van der Waals surface area contributed by atoms with Crippen LogP contribution in [-0.4, -0.2) is 37.7 Å². The normalized spacial score (nSPS) is 10.6. The average Bonchev–Trinajstić information content (AvgIpc) is 2.92. The van der Waals surface area contributed by atoms with Crippen molar-refractivity contribution < 1.29 is 23.9 Å². The highest BCUT2D eigenvalue weighted by Gasteiger charge is 2.14. The summed E-state index contributed by atoms with van der Waals surface area (Å²) in [6, 6.07) is 19.8. The first-order valence-corrected chi connectivity index (χ1v) is 11.8. The summed E-state index contributed by atoms with van der Waals surface area (Å²) in [5.41, 5.74) is 6.16. The van der Waals surface area contributed by atoms with Crippen LogP contribution in [0.2, 0.25) is 0 Å². The minimum atomic E-state index is -0.899. The van der Waals surface area contributed by atoms with E-state index in [2.05, 4.69) is 28.1 Å². The van der Waals surface area contributed by atoms with E-state index in [1.165, 1.54) is 18.9 Å². The molecule has 0 saturated carbocycles. The number of carbonyl (C=O) groups is 3. The summed E-state index contributed by atoms with van der Waals surface area (Å²) in [7, 11) is 1.47. The Kier molecular flexibility index (Phi) is 9.78. The van der Waals surface area contributed by atoms with Crippen LogP contribution in [0.4, 0.5) is 11.4 Å². The van der Waals surface area contributed by atoms with Gasteiger partial charge in [0.1, 0.15) is 0 Å². The van der Waals surface area contributed by atoms with Crippen LogP contribution in [0.5, 0.6) is 11.5 Å². The highest BCUT2D eigenvalue weighted by molar-refractivity contribution is 6.39. The maximum atomic E-state index is 12.2. The number of carbonyl (C=O) groups excluding carboxylic acids is 3. The van der Waals surface area contributed by atoms with Crippen molar-refractivity contribution >= 4 is 35.3 Å². The summed E-state index contributed by atoms with van der Waals surface area (Å²) >= 11 is 0. The van der Waals surface area contributed by atoms with Gasteiger partial charge in [0, 0.05) is 11.4 Å². The molecule has 3 N–H and O–H groups in total. The van der Waals surface area contributed by atoms with Crippen LogP contribution < -0.4 is 25.5 Å². The summed E-state index contributed by atoms with van der Waals surface area (Å²) in [4.78, 5) is 36.5. The Morgan fingerprint density at radius 1 is 0.865 bits per heavy atom. The number of para-hydroxylation sites is 1. The summed E-state index contributed by atoms with van der Waals surface area (Å²) in [6.07, 6.45) is 3.01. The molecule has 9 nitrogen and oxygen atoms in total. The van der Waals surface area contributed by atoms with Crippen LogP contribution in [0, 0.1) is 0 Å². The highest BCUT2D eigenvalue weighted by atomic mass is 16.5. The zero-order chi connectivity index (χ0) is 26.6. The SMILES string of the molecule is CCc1ccc(NC(=O)COc2ccc(/C=N\NC(=O)C(=O)Nc3ccccc3CC)cc2OC)cc1. The van der Waals surface area contributed by atoms with Gasteiger partial charge in [0.2, 0.25) is 0 Å². The number of hydrogen-bond donors (Lipinski definition) is 3. The first-order chi connectivity index (χ1) is 17.9. The summed E-state index contributed by atoms with van der Waals surface area (Å²) in [5, 5.41) is 9.21. The molecule has 0 aliphatic heterocycles. The molecule has 0 atom stereocenters. The Morgan fingerprint density at radius 2 is 1.62 bits per heavy atom. The first kappa shape index (κ1) is 26.9. The molecule has 3 aromatic rings. The number of amides is 3. The lowest BCUT2D eigenvalue weighted by Gasteiger charge is -2.11. The molecule has 0 saturated heterocycles. The molecule has 0 bridgehead atoms. The van der Waals surface area contributed by atoms with Gasteiger partial charge in [0.05, 0.1) is 13.3 Å². The smallest absolute Gasteiger partial charge is 0.329 e. The second-order valence-electron chi connectivity index (χ2n) is 7.96. The zero-order valence-electron chi connectivity index (χ0n) is 21.0. The number of hydrazone groups is 1. The van der Waals surface area contributed by atoms with Crippen LogP contribution in [0.1, 0.15) is 30.5 Å². The average molecular weight is 503 g/mol. The fourth-order valence-corrected chi connectivity index (χ4v) is 3.39. The van der Waals surface area contributed by atoms with E-state index in [9.17, 15) is 14.4 Å². The summed E-state index contributed by atoms with van der Waals surface area (Å²) in [5.74, 6) is -1.28. The number of aryl methyl sites for hydroxylation is 2. The molecule has 0 radical (unpaired) electrons. The van der Waals surface area contributed by atoms with E-state index in [0.29, 0.717) is 28.4 Å². The molecule has 0 fully saturated rings. The minimum Gasteiger partial charge on any atom is -0.493 e. The molecule has 0 heterocycles. The van der Waals surface area contributed by atoms with Gasteiger partial charge >= 0.3 is 11.8 Å². The van der Waals surface area contributed by atoms with Crippen LogP contribution in [0.15, 0.2) is 71.8 Å². The lowest BCUT2D eigenvalue weighted by Crippen LogP contribution is -2.32. The Hall–Kier alpha value is -4.66. The van der Waals surface area contributed by atoms with Crippen molar-refractivity contribution in [2.75, 3.05) is 24.4 Å². The Bertz CT molecular complexity index is 1270. The highest BCUT2D eigenvalue weighted by Crippen LogP contribution is 2.27. The summed E-state index contributed by atoms with van der Waals surface area (Å²) < 4.78 is 11.0. The number of hydrogen-bond acceptors (Lipinski definition) is 6. The van der Waals surface area contributed by atoms with Crippen molar-refractivity contribution in [2.45, 2.75) is 26.7 Å². The second kappa shape index (κ2) is 13.4. The third kappa shape index (κ3) is 7.93. The van der Waals surface area contributed by atoms with Crippen LogP contribution in [0.3, 0.4) is 0 Å². The van der Waals surface area contributed by atoms with E-state index in [1.807, 2.05) is 43.3 Å². The van der Waals surface area contributed by atoms with Crippen molar-refractivity contribution in [3.05, 3.63) is 83.4 Å². The van der Waals surface area contributed by atoms with Crippen LogP contribution >= 0.6 is 0 Å². The van der Waals surface area contributed by atoms with Gasteiger partial charge in [-0.05, 0) is 65.9 Å². The fraction of sp³-hybridized carbons (Fsp3) is 0.214. The lowest BCUT2D eigenvalue weighted by molar-refractivity contribution is -0.136. The molecule has 0 aliphatic rings. The molecule has 0 unspecified atom stereocenters. The molecular formula is C28H30N4O5. The van der Waals surface area contributed by atoms with E-state index in [1.54, 1.807) is 30.3 Å². The van der Waals surface area contributed by atoms with Gasteiger partial charge in [-0.3, -0.25) is 14.4 Å². The van der Waals surface area contributed by atoms with E-state index in [-0.39, 0.29) is 12.5 Å². The number of nitrogens with zero attached hydrogens (tertiary/aromatic N) is 1. The van der Waals surface area contributed by atoms with E-state index < -0.39 is 11.8 Å². The molecule has 0 aliphatic carbocycles. The van der Waals surface area contributed by atoms with Gasteiger partial charge < -0.3 is 20.1 Å². The van der Waals surface area contributed by atoms with Crippen molar-refractivity contribution in [1.82, 2.24) is 5.43 Å². The van der Waals surface area contributed by atoms with E-state index in [0.717, 1.165) is 18.4 Å². The first-order valence-electron chi connectivity index (χ1n) is 11.8. The maximum absolute atomic E-state index is 12.2. The van der Waals surface area contributed by atoms with Crippen LogP contribution in [-0.2, 0) is 27.2 Å². The molecule has 3 amide bonds. The quantitative estimate of drug-likeness (QED) is 0.221. The molecule has 0 aromatic heterocycles. The molecule has 192 valence electrons. The van der Waals surface area contributed by atoms with Gasteiger partial charge in [-0.2, -0.15) is 5.10 Å². The number of ether oxygens (including phenoxy) is 2. The Balaban J connectivity index is 1.52. The van der Waals surface area contributed by atoms with E-state index in [4.69, 9.17) is 9.47 Å². The van der Waals surface area contributed by atoms with Gasteiger partial charge in [0.25, 0.3) is 5.91 Å².